The first-order chi connectivity index (χ1) is 13.2. The summed E-state index contributed by atoms with van der Waals surface area (Å²) >= 11 is 0. The number of rotatable bonds is 4. The van der Waals surface area contributed by atoms with Gasteiger partial charge in [0.15, 0.2) is 0 Å². The van der Waals surface area contributed by atoms with Crippen molar-refractivity contribution in [2.75, 3.05) is 10.6 Å². The number of nitrogens with one attached hydrogen (secondary N) is 4. The van der Waals surface area contributed by atoms with Crippen LogP contribution in [0, 0.1) is 6.92 Å². The summed E-state index contributed by atoms with van der Waals surface area (Å²) in [5, 5.41) is 8.80. The minimum Gasteiger partial charge on any atom is -0.367 e. The molecule has 4 N–H and O–H groups in total. The smallest absolute Gasteiger partial charge is 0.248 e. The van der Waals surface area contributed by atoms with Crippen molar-refractivity contribution in [1.82, 2.24) is 19.9 Å². The molecule has 1 saturated carbocycles. The number of nitrogens with zero attached hydrogens (tertiary/aromatic N) is 2. The molecule has 136 valence electrons. The Bertz CT molecular complexity index is 1200. The van der Waals surface area contributed by atoms with Gasteiger partial charge in [-0.25, -0.2) is 0 Å². The quantitative estimate of drug-likeness (QED) is 0.443. The molecular weight excluding hydrogens is 340 g/mol. The summed E-state index contributed by atoms with van der Waals surface area (Å²) in [4.78, 5) is 27.0. The Morgan fingerprint density at radius 1 is 1.11 bits per heavy atom. The minimum atomic E-state index is -0.104. The van der Waals surface area contributed by atoms with Crippen molar-refractivity contribution < 1.29 is 0 Å². The number of H-pyrrole nitrogens is 2. The molecule has 0 bridgehead atoms. The first-order valence-electron chi connectivity index (χ1n) is 9.18. The van der Waals surface area contributed by atoms with E-state index in [1.807, 2.05) is 37.4 Å². The summed E-state index contributed by atoms with van der Waals surface area (Å²) < 4.78 is 0. The van der Waals surface area contributed by atoms with Gasteiger partial charge in [-0.15, -0.1) is 0 Å². The molecule has 0 spiro atoms. The third-order valence-electron chi connectivity index (χ3n) is 5.17. The van der Waals surface area contributed by atoms with Crippen LogP contribution in [-0.2, 0) is 0 Å². The summed E-state index contributed by atoms with van der Waals surface area (Å²) in [5.41, 5.74) is 3.26. The van der Waals surface area contributed by atoms with Crippen LogP contribution in [0.25, 0.3) is 21.9 Å². The Morgan fingerprint density at radius 3 is 2.81 bits per heavy atom. The number of fused-ring (bicyclic) bond motifs is 2. The Morgan fingerprint density at radius 2 is 2.00 bits per heavy atom. The number of aryl methyl sites for hydroxylation is 1. The first-order valence-corrected chi connectivity index (χ1v) is 9.18. The highest BCUT2D eigenvalue weighted by Gasteiger charge is 2.19. The number of benzene rings is 1. The average Bonchev–Trinajstić information content (AvgIpc) is 3.06. The van der Waals surface area contributed by atoms with Gasteiger partial charge in [0.05, 0.1) is 10.9 Å². The van der Waals surface area contributed by atoms with E-state index in [-0.39, 0.29) is 5.56 Å². The van der Waals surface area contributed by atoms with E-state index in [0.29, 0.717) is 12.0 Å². The van der Waals surface area contributed by atoms with Gasteiger partial charge in [0.2, 0.25) is 11.5 Å². The molecule has 7 nitrogen and oxygen atoms in total. The Hall–Kier alpha value is -3.35. The maximum Gasteiger partial charge on any atom is 0.248 e. The Kier molecular flexibility index (Phi) is 3.60. The van der Waals surface area contributed by atoms with Crippen molar-refractivity contribution in [2.45, 2.75) is 32.2 Å². The van der Waals surface area contributed by atoms with E-state index in [0.717, 1.165) is 39.0 Å². The van der Waals surface area contributed by atoms with Crippen LogP contribution in [0.3, 0.4) is 0 Å². The summed E-state index contributed by atoms with van der Waals surface area (Å²) in [5.74, 6) is 1.36. The Labute approximate surface area is 155 Å². The average molecular weight is 360 g/mol. The lowest BCUT2D eigenvalue weighted by atomic mass is 9.93. The summed E-state index contributed by atoms with van der Waals surface area (Å²) in [7, 11) is 0. The van der Waals surface area contributed by atoms with Gasteiger partial charge < -0.3 is 20.6 Å². The molecule has 4 aromatic rings. The van der Waals surface area contributed by atoms with E-state index in [4.69, 9.17) is 0 Å². The van der Waals surface area contributed by atoms with Gasteiger partial charge >= 0.3 is 0 Å². The van der Waals surface area contributed by atoms with E-state index in [2.05, 4.69) is 30.6 Å². The van der Waals surface area contributed by atoms with Gasteiger partial charge in [-0.3, -0.25) is 4.79 Å². The number of hydrogen-bond acceptors (Lipinski definition) is 5. The second kappa shape index (κ2) is 6.12. The fourth-order valence-electron chi connectivity index (χ4n) is 3.49. The Balaban J connectivity index is 1.52. The molecule has 0 atom stereocenters. The number of anilines is 3. The molecule has 7 heteroatoms. The number of hydrogen-bond donors (Lipinski definition) is 4. The maximum atomic E-state index is 11.8. The first kappa shape index (κ1) is 15.9. The highest BCUT2D eigenvalue weighted by molar-refractivity contribution is 5.89. The molecule has 1 fully saturated rings. The number of aromatic nitrogens is 4. The zero-order chi connectivity index (χ0) is 18.4. The second-order valence-electron chi connectivity index (χ2n) is 7.11. The lowest BCUT2D eigenvalue weighted by Gasteiger charge is -2.27. The van der Waals surface area contributed by atoms with Gasteiger partial charge in [-0.2, -0.15) is 9.97 Å². The van der Waals surface area contributed by atoms with Crippen LogP contribution >= 0.6 is 0 Å². The molecule has 3 heterocycles. The van der Waals surface area contributed by atoms with E-state index in [1.165, 1.54) is 19.3 Å². The van der Waals surface area contributed by atoms with Gasteiger partial charge in [-0.1, -0.05) is 6.07 Å². The van der Waals surface area contributed by atoms with Crippen LogP contribution in [0.4, 0.5) is 17.5 Å². The predicted molar refractivity (Wildman–Crippen MR) is 108 cm³/mol. The van der Waals surface area contributed by atoms with Crippen LogP contribution in [0.15, 0.2) is 41.3 Å². The summed E-state index contributed by atoms with van der Waals surface area (Å²) in [6.07, 6.45) is 5.49. The zero-order valence-corrected chi connectivity index (χ0v) is 15.0. The highest BCUT2D eigenvalue weighted by Crippen LogP contribution is 2.28. The molecule has 5 rings (SSSR count). The highest BCUT2D eigenvalue weighted by atomic mass is 16.1. The molecule has 0 amide bonds. The molecule has 1 aliphatic carbocycles. The molecule has 27 heavy (non-hydrogen) atoms. The number of pyridine rings is 1. The molecule has 3 aromatic heterocycles. The van der Waals surface area contributed by atoms with Crippen molar-refractivity contribution in [2.24, 2.45) is 0 Å². The number of aromatic amines is 2. The molecule has 0 unspecified atom stereocenters. The van der Waals surface area contributed by atoms with Crippen molar-refractivity contribution in [3.8, 4) is 0 Å². The third-order valence-corrected chi connectivity index (χ3v) is 5.17. The largest absolute Gasteiger partial charge is 0.367 e. The molecule has 0 aliphatic heterocycles. The lowest BCUT2D eigenvalue weighted by Crippen LogP contribution is -2.27. The van der Waals surface area contributed by atoms with Crippen LogP contribution < -0.4 is 16.2 Å². The monoisotopic (exact) mass is 360 g/mol. The van der Waals surface area contributed by atoms with Crippen molar-refractivity contribution >= 4 is 39.4 Å². The molecular formula is C20H20N6O. The van der Waals surface area contributed by atoms with Crippen molar-refractivity contribution in [1.29, 1.82) is 0 Å². The van der Waals surface area contributed by atoms with Crippen LogP contribution in [-0.4, -0.2) is 26.0 Å². The predicted octanol–water partition coefficient (Wildman–Crippen LogP) is 3.82. The van der Waals surface area contributed by atoms with E-state index >= 15 is 0 Å². The van der Waals surface area contributed by atoms with Crippen LogP contribution in [0.5, 0.6) is 0 Å². The van der Waals surface area contributed by atoms with Crippen molar-refractivity contribution in [3.63, 3.8) is 0 Å². The minimum absolute atomic E-state index is 0.104. The zero-order valence-electron chi connectivity index (χ0n) is 15.0. The lowest BCUT2D eigenvalue weighted by molar-refractivity contribution is 0.445. The fraction of sp³-hybridized carbons (Fsp3) is 0.250. The molecule has 0 saturated heterocycles. The second-order valence-corrected chi connectivity index (χ2v) is 7.11. The van der Waals surface area contributed by atoms with Gasteiger partial charge in [0.1, 0.15) is 11.5 Å². The fourth-order valence-corrected chi connectivity index (χ4v) is 3.49. The van der Waals surface area contributed by atoms with Gasteiger partial charge in [0.25, 0.3) is 0 Å². The molecule has 1 aromatic carbocycles. The van der Waals surface area contributed by atoms with E-state index < -0.39 is 0 Å². The maximum absolute atomic E-state index is 11.8. The van der Waals surface area contributed by atoms with Gasteiger partial charge in [-0.05, 0) is 49.9 Å². The third kappa shape index (κ3) is 2.91. The standard InChI is InChI=1S/C20H20N6O/c1-11-9-17(27)24-16-10-13(5-6-14(11)16)23-20-25-18-15(7-8-21-18)19(26-20)22-12-3-2-4-12/h5-10,12H,2-4H2,1H3,(H,24,27)(H3,21,22,23,25,26). The SMILES string of the molecule is Cc1cc(=O)[nH]c2cc(Nc3nc(NC4CCC4)c4cc[nH]c4n3)ccc12. The van der Waals surface area contributed by atoms with Crippen molar-refractivity contribution in [3.05, 3.63) is 52.4 Å². The summed E-state index contributed by atoms with van der Waals surface area (Å²) in [6, 6.07) is 9.95. The topological polar surface area (TPSA) is 98.5 Å². The van der Waals surface area contributed by atoms with Crippen LogP contribution in [0.2, 0.25) is 0 Å². The molecule has 1 aliphatic rings. The normalized spacial score (nSPS) is 14.4. The van der Waals surface area contributed by atoms with E-state index in [9.17, 15) is 4.79 Å². The molecule has 0 radical (unpaired) electrons. The van der Waals surface area contributed by atoms with E-state index in [1.54, 1.807) is 6.07 Å². The van der Waals surface area contributed by atoms with Gasteiger partial charge in [0, 0.05) is 29.4 Å². The summed E-state index contributed by atoms with van der Waals surface area (Å²) in [6.45, 7) is 1.94. The van der Waals surface area contributed by atoms with Crippen LogP contribution in [0.1, 0.15) is 24.8 Å².